The summed E-state index contributed by atoms with van der Waals surface area (Å²) in [7, 11) is 0. The van der Waals surface area contributed by atoms with Crippen LogP contribution in [0.4, 0.5) is 0 Å². The van der Waals surface area contributed by atoms with Crippen LogP contribution in [0, 0.1) is 11.8 Å². The molecule has 0 heterocycles. The molecule has 3 N–H and O–H groups in total. The molecule has 15 heavy (non-hydrogen) atoms. The predicted molar refractivity (Wildman–Crippen MR) is 49.4 cm³/mol. The van der Waals surface area contributed by atoms with Gasteiger partial charge in [0.2, 0.25) is 0 Å². The summed E-state index contributed by atoms with van der Waals surface area (Å²) in [6.45, 7) is 1.46. The molecule has 0 amide bonds. The zero-order valence-corrected chi connectivity index (χ0v) is 8.34. The van der Waals surface area contributed by atoms with E-state index >= 15 is 0 Å². The van der Waals surface area contributed by atoms with Gasteiger partial charge in [0.15, 0.2) is 0 Å². The lowest BCUT2D eigenvalue weighted by molar-refractivity contribution is -0.149. The van der Waals surface area contributed by atoms with Crippen molar-refractivity contribution in [3.05, 3.63) is 0 Å². The number of carboxylic acids is 3. The molecule has 0 aliphatic heterocycles. The molecule has 0 aliphatic rings. The molecule has 0 bridgehead atoms. The molecular weight excluding hydrogens is 204 g/mol. The normalized spacial score (nSPS) is 14.2. The van der Waals surface area contributed by atoms with Gasteiger partial charge in [0.25, 0.3) is 0 Å². The Morgan fingerprint density at radius 1 is 1.00 bits per heavy atom. The highest BCUT2D eigenvalue weighted by molar-refractivity contribution is 5.77. The molecule has 0 aromatic rings. The van der Waals surface area contributed by atoms with Crippen LogP contribution in [0.2, 0.25) is 0 Å². The van der Waals surface area contributed by atoms with E-state index in [1.54, 1.807) is 0 Å². The van der Waals surface area contributed by atoms with Gasteiger partial charge in [-0.3, -0.25) is 14.4 Å². The van der Waals surface area contributed by atoms with Crippen molar-refractivity contribution in [1.29, 1.82) is 0 Å². The van der Waals surface area contributed by atoms with Gasteiger partial charge in [0.1, 0.15) is 0 Å². The van der Waals surface area contributed by atoms with Crippen LogP contribution in [-0.2, 0) is 14.4 Å². The molecule has 2 atom stereocenters. The summed E-state index contributed by atoms with van der Waals surface area (Å²) >= 11 is 0. The second kappa shape index (κ2) is 6.00. The molecule has 0 saturated carbocycles. The molecule has 0 aromatic carbocycles. The van der Waals surface area contributed by atoms with Gasteiger partial charge in [-0.05, 0) is 12.8 Å². The zero-order chi connectivity index (χ0) is 12.0. The molecule has 6 nitrogen and oxygen atoms in total. The maximum atomic E-state index is 10.6. The standard InChI is InChI=1S/C9H14O6/c1-5(8(12)13)2-3-6(9(14)15)4-7(10)11/h5-6H,2-4H2,1H3,(H,10,11)(H,12,13)(H,14,15). The number of hydrogen-bond donors (Lipinski definition) is 3. The van der Waals surface area contributed by atoms with Gasteiger partial charge in [-0.15, -0.1) is 0 Å². The lowest BCUT2D eigenvalue weighted by Crippen LogP contribution is -2.20. The van der Waals surface area contributed by atoms with E-state index in [9.17, 15) is 14.4 Å². The summed E-state index contributed by atoms with van der Waals surface area (Å²) in [6.07, 6.45) is -0.240. The van der Waals surface area contributed by atoms with Crippen LogP contribution in [0.5, 0.6) is 0 Å². The van der Waals surface area contributed by atoms with E-state index < -0.39 is 36.2 Å². The summed E-state index contributed by atoms with van der Waals surface area (Å²) in [5, 5.41) is 25.6. The van der Waals surface area contributed by atoms with E-state index in [2.05, 4.69) is 0 Å². The van der Waals surface area contributed by atoms with Crippen LogP contribution in [0.25, 0.3) is 0 Å². The summed E-state index contributed by atoms with van der Waals surface area (Å²) < 4.78 is 0. The lowest BCUT2D eigenvalue weighted by atomic mass is 9.94. The van der Waals surface area contributed by atoms with Gasteiger partial charge >= 0.3 is 17.9 Å². The molecule has 6 heteroatoms. The average molecular weight is 218 g/mol. The van der Waals surface area contributed by atoms with Crippen LogP contribution in [0.15, 0.2) is 0 Å². The fourth-order valence-corrected chi connectivity index (χ4v) is 1.10. The Kier molecular flexibility index (Phi) is 5.36. The average Bonchev–Trinajstić information content (AvgIpc) is 2.10. The van der Waals surface area contributed by atoms with E-state index in [-0.39, 0.29) is 12.8 Å². The molecule has 2 unspecified atom stereocenters. The van der Waals surface area contributed by atoms with Crippen LogP contribution in [0.1, 0.15) is 26.2 Å². The number of aliphatic carboxylic acids is 3. The maximum Gasteiger partial charge on any atom is 0.307 e. The van der Waals surface area contributed by atoms with E-state index in [0.29, 0.717) is 0 Å². The maximum absolute atomic E-state index is 10.6. The summed E-state index contributed by atoms with van der Waals surface area (Å²) in [5.41, 5.74) is 0. The Morgan fingerprint density at radius 2 is 1.53 bits per heavy atom. The smallest absolute Gasteiger partial charge is 0.307 e. The predicted octanol–water partition coefficient (Wildman–Crippen LogP) is 0.663. The fourth-order valence-electron chi connectivity index (χ4n) is 1.10. The minimum atomic E-state index is -1.20. The van der Waals surface area contributed by atoms with Crippen molar-refractivity contribution in [3.8, 4) is 0 Å². The third-order valence-corrected chi connectivity index (χ3v) is 2.14. The molecule has 86 valence electrons. The fraction of sp³-hybridized carbons (Fsp3) is 0.667. The second-order valence-electron chi connectivity index (χ2n) is 3.45. The number of rotatable bonds is 7. The van der Waals surface area contributed by atoms with Crippen LogP contribution >= 0.6 is 0 Å². The molecule has 0 spiro atoms. The van der Waals surface area contributed by atoms with E-state index in [1.165, 1.54) is 6.92 Å². The Bertz CT molecular complexity index is 259. The molecule has 0 rings (SSSR count). The first-order chi connectivity index (χ1) is 6.84. The topological polar surface area (TPSA) is 112 Å². The second-order valence-corrected chi connectivity index (χ2v) is 3.45. The Labute approximate surface area is 86.5 Å². The minimum absolute atomic E-state index is 0.0646. The first-order valence-corrected chi connectivity index (χ1v) is 4.52. The Hall–Kier alpha value is -1.59. The first kappa shape index (κ1) is 13.4. The van der Waals surface area contributed by atoms with Crippen LogP contribution in [0.3, 0.4) is 0 Å². The first-order valence-electron chi connectivity index (χ1n) is 4.52. The quantitative estimate of drug-likeness (QED) is 0.578. The van der Waals surface area contributed by atoms with Gasteiger partial charge in [0, 0.05) is 0 Å². The van der Waals surface area contributed by atoms with Gasteiger partial charge in [-0.1, -0.05) is 6.92 Å². The summed E-state index contributed by atoms with van der Waals surface area (Å²) in [6, 6.07) is 0. The van der Waals surface area contributed by atoms with Gasteiger partial charge in [0.05, 0.1) is 18.3 Å². The Balaban J connectivity index is 4.13. The molecule has 0 fully saturated rings. The molecule has 0 saturated heterocycles. The highest BCUT2D eigenvalue weighted by atomic mass is 16.4. The summed E-state index contributed by atoms with van der Waals surface area (Å²) in [5.74, 6) is -5.06. The zero-order valence-electron chi connectivity index (χ0n) is 8.34. The van der Waals surface area contributed by atoms with Crippen molar-refractivity contribution < 1.29 is 29.7 Å². The lowest BCUT2D eigenvalue weighted by Gasteiger charge is -2.11. The van der Waals surface area contributed by atoms with Crippen molar-refractivity contribution in [2.24, 2.45) is 11.8 Å². The van der Waals surface area contributed by atoms with E-state index in [1.807, 2.05) is 0 Å². The van der Waals surface area contributed by atoms with Crippen molar-refractivity contribution in [2.45, 2.75) is 26.2 Å². The highest BCUT2D eigenvalue weighted by Gasteiger charge is 2.22. The SMILES string of the molecule is CC(CCC(CC(=O)O)C(=O)O)C(=O)O. The van der Waals surface area contributed by atoms with Crippen LogP contribution in [-0.4, -0.2) is 33.2 Å². The monoisotopic (exact) mass is 218 g/mol. The number of carboxylic acid groups (broad SMARTS) is 3. The molecule has 0 aromatic heterocycles. The minimum Gasteiger partial charge on any atom is -0.481 e. The van der Waals surface area contributed by atoms with E-state index in [4.69, 9.17) is 15.3 Å². The highest BCUT2D eigenvalue weighted by Crippen LogP contribution is 2.16. The Morgan fingerprint density at radius 3 is 1.87 bits per heavy atom. The number of hydrogen-bond acceptors (Lipinski definition) is 3. The van der Waals surface area contributed by atoms with Crippen molar-refractivity contribution >= 4 is 17.9 Å². The molecular formula is C9H14O6. The van der Waals surface area contributed by atoms with Crippen molar-refractivity contribution in [2.75, 3.05) is 0 Å². The van der Waals surface area contributed by atoms with Crippen molar-refractivity contribution in [1.82, 2.24) is 0 Å². The summed E-state index contributed by atoms with van der Waals surface area (Å²) in [4.78, 5) is 31.4. The van der Waals surface area contributed by atoms with Gasteiger partial charge in [-0.25, -0.2) is 0 Å². The number of carbonyl (C=O) groups is 3. The van der Waals surface area contributed by atoms with Gasteiger partial charge in [-0.2, -0.15) is 0 Å². The van der Waals surface area contributed by atoms with E-state index in [0.717, 1.165) is 0 Å². The molecule has 0 aliphatic carbocycles. The van der Waals surface area contributed by atoms with Crippen LogP contribution < -0.4 is 0 Å². The van der Waals surface area contributed by atoms with Crippen molar-refractivity contribution in [3.63, 3.8) is 0 Å². The largest absolute Gasteiger partial charge is 0.481 e. The molecule has 0 radical (unpaired) electrons. The third kappa shape index (κ3) is 5.66. The third-order valence-electron chi connectivity index (χ3n) is 2.14. The van der Waals surface area contributed by atoms with Gasteiger partial charge < -0.3 is 15.3 Å².